The molecule has 2 rings (SSSR count). The summed E-state index contributed by atoms with van der Waals surface area (Å²) in [5, 5.41) is 0. The van der Waals surface area contributed by atoms with E-state index in [4.69, 9.17) is 11.6 Å². The van der Waals surface area contributed by atoms with Crippen LogP contribution in [0.1, 0.15) is 19.3 Å². The molecule has 0 amide bonds. The number of halogens is 1. The van der Waals surface area contributed by atoms with Gasteiger partial charge in [-0.05, 0) is 49.4 Å². The number of rotatable bonds is 4. The van der Waals surface area contributed by atoms with Crippen LogP contribution >= 0.6 is 11.6 Å². The van der Waals surface area contributed by atoms with Gasteiger partial charge in [-0.15, -0.1) is 11.6 Å². The molecule has 19 heavy (non-hydrogen) atoms. The fourth-order valence-electron chi connectivity index (χ4n) is 2.59. The van der Waals surface area contributed by atoms with Gasteiger partial charge in [0.2, 0.25) is 0 Å². The van der Waals surface area contributed by atoms with Gasteiger partial charge < -0.3 is 4.90 Å². The second-order valence-electron chi connectivity index (χ2n) is 5.20. The Hall–Kier alpha value is -0.740. The molecule has 0 radical (unpaired) electrons. The van der Waals surface area contributed by atoms with Crippen LogP contribution in [0.4, 0.5) is 5.69 Å². The summed E-state index contributed by atoms with van der Waals surface area (Å²) >= 11 is 5.81. The monoisotopic (exact) mass is 301 g/mol. The van der Waals surface area contributed by atoms with Crippen LogP contribution in [0.2, 0.25) is 0 Å². The first kappa shape index (κ1) is 14.7. The van der Waals surface area contributed by atoms with Crippen molar-refractivity contribution >= 4 is 27.1 Å². The van der Waals surface area contributed by atoms with Gasteiger partial charge in [-0.3, -0.25) is 0 Å². The lowest BCUT2D eigenvalue weighted by Crippen LogP contribution is -2.35. The SMILES string of the molecule is CS(=O)(=O)c1ccc(N2CCCC(CCCl)C2)cc1. The number of hydrogen-bond donors (Lipinski definition) is 0. The molecule has 1 unspecified atom stereocenters. The largest absolute Gasteiger partial charge is 0.371 e. The number of anilines is 1. The lowest BCUT2D eigenvalue weighted by atomic mass is 9.95. The first-order valence-electron chi connectivity index (χ1n) is 6.62. The van der Waals surface area contributed by atoms with Gasteiger partial charge >= 0.3 is 0 Å². The lowest BCUT2D eigenvalue weighted by Gasteiger charge is -2.34. The van der Waals surface area contributed by atoms with E-state index in [-0.39, 0.29) is 0 Å². The summed E-state index contributed by atoms with van der Waals surface area (Å²) in [5.74, 6) is 1.37. The van der Waals surface area contributed by atoms with Gasteiger partial charge in [0, 0.05) is 30.9 Å². The third-order valence-corrected chi connectivity index (χ3v) is 5.01. The van der Waals surface area contributed by atoms with E-state index in [0.29, 0.717) is 16.7 Å². The smallest absolute Gasteiger partial charge is 0.175 e. The summed E-state index contributed by atoms with van der Waals surface area (Å²) in [6, 6.07) is 7.19. The second-order valence-corrected chi connectivity index (χ2v) is 7.59. The van der Waals surface area contributed by atoms with Crippen LogP contribution in [0.5, 0.6) is 0 Å². The van der Waals surface area contributed by atoms with Crippen molar-refractivity contribution in [1.82, 2.24) is 0 Å². The topological polar surface area (TPSA) is 37.4 Å². The summed E-state index contributed by atoms with van der Waals surface area (Å²) in [6.45, 7) is 2.06. The Bertz CT molecular complexity index is 511. The van der Waals surface area contributed by atoms with Crippen molar-refractivity contribution in [1.29, 1.82) is 0 Å². The molecule has 1 aliphatic heterocycles. The minimum atomic E-state index is -3.11. The molecule has 1 aliphatic rings. The van der Waals surface area contributed by atoms with E-state index in [9.17, 15) is 8.42 Å². The molecule has 0 saturated carbocycles. The zero-order valence-electron chi connectivity index (χ0n) is 11.2. The van der Waals surface area contributed by atoms with E-state index in [1.807, 2.05) is 12.1 Å². The second kappa shape index (κ2) is 6.14. The van der Waals surface area contributed by atoms with Crippen LogP contribution in [0.25, 0.3) is 0 Å². The third kappa shape index (κ3) is 3.86. The van der Waals surface area contributed by atoms with Gasteiger partial charge in [-0.2, -0.15) is 0 Å². The normalized spacial score (nSPS) is 20.5. The van der Waals surface area contributed by atoms with Gasteiger partial charge in [-0.25, -0.2) is 8.42 Å². The van der Waals surface area contributed by atoms with Gasteiger partial charge in [0.1, 0.15) is 0 Å². The first-order valence-corrected chi connectivity index (χ1v) is 9.04. The Balaban J connectivity index is 2.09. The van der Waals surface area contributed by atoms with E-state index < -0.39 is 9.84 Å². The van der Waals surface area contributed by atoms with Crippen molar-refractivity contribution in [3.8, 4) is 0 Å². The van der Waals surface area contributed by atoms with Crippen molar-refractivity contribution in [3.63, 3.8) is 0 Å². The average Bonchev–Trinajstić information content (AvgIpc) is 2.39. The minimum Gasteiger partial charge on any atom is -0.371 e. The Labute approximate surface area is 120 Å². The molecular formula is C14H20ClNO2S. The molecule has 0 N–H and O–H groups in total. The van der Waals surface area contributed by atoms with E-state index in [1.54, 1.807) is 12.1 Å². The molecule has 1 aromatic carbocycles. The summed E-state index contributed by atoms with van der Waals surface area (Å²) < 4.78 is 22.9. The highest BCUT2D eigenvalue weighted by molar-refractivity contribution is 7.90. The standard InChI is InChI=1S/C14H20ClNO2S/c1-19(17,18)14-6-4-13(5-7-14)16-10-2-3-12(11-16)8-9-15/h4-7,12H,2-3,8-11H2,1H3. The number of piperidine rings is 1. The number of alkyl halides is 1. The van der Waals surface area contributed by atoms with Crippen molar-refractivity contribution in [2.45, 2.75) is 24.2 Å². The molecule has 0 aliphatic carbocycles. The minimum absolute atomic E-state index is 0.380. The summed E-state index contributed by atoms with van der Waals surface area (Å²) in [5.41, 5.74) is 1.10. The Morgan fingerprint density at radius 3 is 2.58 bits per heavy atom. The molecule has 1 saturated heterocycles. The van der Waals surface area contributed by atoms with Crippen molar-refractivity contribution in [3.05, 3.63) is 24.3 Å². The molecular weight excluding hydrogens is 282 g/mol. The summed E-state index contributed by atoms with van der Waals surface area (Å²) in [7, 11) is -3.11. The molecule has 1 fully saturated rings. The molecule has 1 aromatic rings. The Morgan fingerprint density at radius 2 is 2.00 bits per heavy atom. The van der Waals surface area contributed by atoms with Gasteiger partial charge in [0.05, 0.1) is 4.90 Å². The molecule has 1 atom stereocenters. The third-order valence-electron chi connectivity index (χ3n) is 3.67. The molecule has 0 spiro atoms. The summed E-state index contributed by atoms with van der Waals surface area (Å²) in [4.78, 5) is 2.71. The van der Waals surface area contributed by atoms with Gasteiger partial charge in [0.25, 0.3) is 0 Å². The van der Waals surface area contributed by atoms with Crippen LogP contribution in [-0.4, -0.2) is 33.6 Å². The van der Waals surface area contributed by atoms with E-state index in [2.05, 4.69) is 4.90 Å². The van der Waals surface area contributed by atoms with Crippen molar-refractivity contribution < 1.29 is 8.42 Å². The predicted molar refractivity (Wildman–Crippen MR) is 79.8 cm³/mol. The Morgan fingerprint density at radius 1 is 1.32 bits per heavy atom. The fraction of sp³-hybridized carbons (Fsp3) is 0.571. The van der Waals surface area contributed by atoms with Crippen LogP contribution in [0, 0.1) is 5.92 Å². The number of benzene rings is 1. The molecule has 0 aromatic heterocycles. The molecule has 106 valence electrons. The molecule has 0 bridgehead atoms. The number of sulfone groups is 1. The van der Waals surface area contributed by atoms with Crippen LogP contribution < -0.4 is 4.90 Å². The highest BCUT2D eigenvalue weighted by atomic mass is 35.5. The summed E-state index contributed by atoms with van der Waals surface area (Å²) in [6.07, 6.45) is 4.71. The zero-order valence-corrected chi connectivity index (χ0v) is 12.8. The number of hydrogen-bond acceptors (Lipinski definition) is 3. The maximum Gasteiger partial charge on any atom is 0.175 e. The van der Waals surface area contributed by atoms with Gasteiger partial charge in [-0.1, -0.05) is 0 Å². The first-order chi connectivity index (χ1) is 9.00. The Kier molecular flexibility index (Phi) is 4.74. The van der Waals surface area contributed by atoms with Crippen LogP contribution in [-0.2, 0) is 9.84 Å². The van der Waals surface area contributed by atoms with E-state index >= 15 is 0 Å². The quantitative estimate of drug-likeness (QED) is 0.803. The highest BCUT2D eigenvalue weighted by Crippen LogP contribution is 2.26. The molecule has 3 nitrogen and oxygen atoms in total. The van der Waals surface area contributed by atoms with Gasteiger partial charge in [0.15, 0.2) is 9.84 Å². The zero-order chi connectivity index (χ0) is 13.9. The van der Waals surface area contributed by atoms with E-state index in [1.165, 1.54) is 19.1 Å². The van der Waals surface area contributed by atoms with Crippen molar-refractivity contribution in [2.75, 3.05) is 30.1 Å². The molecule has 5 heteroatoms. The lowest BCUT2D eigenvalue weighted by molar-refractivity contribution is 0.406. The maximum absolute atomic E-state index is 11.4. The van der Waals surface area contributed by atoms with Crippen LogP contribution in [0.15, 0.2) is 29.2 Å². The fourth-order valence-corrected chi connectivity index (χ4v) is 3.53. The van der Waals surface area contributed by atoms with Crippen LogP contribution in [0.3, 0.4) is 0 Å². The van der Waals surface area contributed by atoms with E-state index in [0.717, 1.165) is 25.2 Å². The molecule has 1 heterocycles. The maximum atomic E-state index is 11.4. The average molecular weight is 302 g/mol. The highest BCUT2D eigenvalue weighted by Gasteiger charge is 2.19. The van der Waals surface area contributed by atoms with Crippen molar-refractivity contribution in [2.24, 2.45) is 5.92 Å². The predicted octanol–water partition coefficient (Wildman–Crippen LogP) is 2.94. The number of nitrogens with zero attached hydrogens (tertiary/aromatic N) is 1.